The maximum atomic E-state index is 12.9. The number of hydrogen-bond acceptors (Lipinski definition) is 7. The van der Waals surface area contributed by atoms with Crippen LogP contribution in [0.4, 0.5) is 11.6 Å². The van der Waals surface area contributed by atoms with E-state index in [2.05, 4.69) is 19.8 Å². The summed E-state index contributed by atoms with van der Waals surface area (Å²) in [6, 6.07) is 8.62. The number of aromatic nitrogens is 2. The number of methoxy groups -OCH3 is 1. The first-order valence-electron chi connectivity index (χ1n) is 9.54. The van der Waals surface area contributed by atoms with Crippen LogP contribution >= 0.6 is 0 Å². The standard InChI is InChI=1S/C19H25N5O3S/c1-27-16-5-4-6-17(13-16)28(25,26)24-11-9-23(10-12-24)19-14-18(20-15-21-19)22-7-2-3-8-22/h4-6,13-15H,2-3,7-12H2,1H3. The van der Waals surface area contributed by atoms with Crippen LogP contribution in [0, 0.1) is 0 Å². The average Bonchev–Trinajstić information content (AvgIpc) is 3.29. The van der Waals surface area contributed by atoms with Crippen molar-refractivity contribution in [3.8, 4) is 5.75 Å². The van der Waals surface area contributed by atoms with Crippen LogP contribution in [0.5, 0.6) is 5.75 Å². The maximum Gasteiger partial charge on any atom is 0.243 e. The molecular formula is C19H25N5O3S. The van der Waals surface area contributed by atoms with Gasteiger partial charge in [-0.2, -0.15) is 4.31 Å². The number of anilines is 2. The van der Waals surface area contributed by atoms with Crippen LogP contribution < -0.4 is 14.5 Å². The molecule has 0 amide bonds. The van der Waals surface area contributed by atoms with E-state index in [-0.39, 0.29) is 4.90 Å². The minimum Gasteiger partial charge on any atom is -0.497 e. The van der Waals surface area contributed by atoms with Crippen molar-refractivity contribution in [1.82, 2.24) is 14.3 Å². The van der Waals surface area contributed by atoms with Crippen molar-refractivity contribution >= 4 is 21.7 Å². The molecule has 1 aromatic heterocycles. The predicted octanol–water partition coefficient (Wildman–Crippen LogP) is 1.60. The Kier molecular flexibility index (Phi) is 5.36. The lowest BCUT2D eigenvalue weighted by Crippen LogP contribution is -2.49. The normalized spacial score (nSPS) is 18.5. The Balaban J connectivity index is 1.45. The summed E-state index contributed by atoms with van der Waals surface area (Å²) < 4.78 is 32.6. The molecule has 0 atom stereocenters. The molecule has 0 radical (unpaired) electrons. The van der Waals surface area contributed by atoms with Gasteiger partial charge < -0.3 is 14.5 Å². The van der Waals surface area contributed by atoms with E-state index in [0.29, 0.717) is 31.9 Å². The second kappa shape index (κ2) is 7.92. The number of benzene rings is 1. The van der Waals surface area contributed by atoms with Gasteiger partial charge in [-0.1, -0.05) is 6.07 Å². The highest BCUT2D eigenvalue weighted by atomic mass is 32.2. The molecule has 150 valence electrons. The predicted molar refractivity (Wildman–Crippen MR) is 107 cm³/mol. The molecule has 28 heavy (non-hydrogen) atoms. The van der Waals surface area contributed by atoms with Gasteiger partial charge in [-0.3, -0.25) is 0 Å². The SMILES string of the molecule is COc1cccc(S(=O)(=O)N2CCN(c3cc(N4CCCC4)ncn3)CC2)c1. The molecule has 0 N–H and O–H groups in total. The second-order valence-corrected chi connectivity index (χ2v) is 8.94. The molecule has 1 aromatic carbocycles. The Morgan fingerprint density at radius 2 is 1.54 bits per heavy atom. The summed E-state index contributed by atoms with van der Waals surface area (Å²) in [6.45, 7) is 4.09. The largest absolute Gasteiger partial charge is 0.497 e. The molecular weight excluding hydrogens is 378 g/mol. The zero-order valence-corrected chi connectivity index (χ0v) is 16.8. The summed E-state index contributed by atoms with van der Waals surface area (Å²) >= 11 is 0. The summed E-state index contributed by atoms with van der Waals surface area (Å²) in [5.74, 6) is 2.35. The van der Waals surface area contributed by atoms with Crippen LogP contribution in [0.2, 0.25) is 0 Å². The number of sulfonamides is 1. The van der Waals surface area contributed by atoms with E-state index in [4.69, 9.17) is 4.74 Å². The fourth-order valence-corrected chi connectivity index (χ4v) is 5.16. The van der Waals surface area contributed by atoms with Crippen molar-refractivity contribution in [2.45, 2.75) is 17.7 Å². The topological polar surface area (TPSA) is 78.9 Å². The van der Waals surface area contributed by atoms with Crippen molar-refractivity contribution in [3.05, 3.63) is 36.7 Å². The Morgan fingerprint density at radius 1 is 0.893 bits per heavy atom. The zero-order valence-electron chi connectivity index (χ0n) is 16.0. The van der Waals surface area contributed by atoms with Crippen LogP contribution in [0.1, 0.15) is 12.8 Å². The highest BCUT2D eigenvalue weighted by molar-refractivity contribution is 7.89. The molecule has 0 saturated carbocycles. The van der Waals surface area contributed by atoms with E-state index in [1.165, 1.54) is 24.3 Å². The molecule has 9 heteroatoms. The molecule has 2 aliphatic heterocycles. The Bertz CT molecular complexity index is 923. The summed E-state index contributed by atoms with van der Waals surface area (Å²) in [4.78, 5) is 13.5. The van der Waals surface area contributed by atoms with Crippen LogP contribution in [-0.2, 0) is 10.0 Å². The van der Waals surface area contributed by atoms with E-state index >= 15 is 0 Å². The van der Waals surface area contributed by atoms with E-state index in [9.17, 15) is 8.42 Å². The van der Waals surface area contributed by atoms with E-state index in [1.54, 1.807) is 30.6 Å². The van der Waals surface area contributed by atoms with Crippen LogP contribution in [0.15, 0.2) is 41.6 Å². The number of rotatable bonds is 5. The van der Waals surface area contributed by atoms with Gasteiger partial charge in [0.1, 0.15) is 23.7 Å². The van der Waals surface area contributed by atoms with Gasteiger partial charge >= 0.3 is 0 Å². The minimum absolute atomic E-state index is 0.263. The molecule has 4 rings (SSSR count). The van der Waals surface area contributed by atoms with Gasteiger partial charge in [0.25, 0.3) is 0 Å². The number of piperazine rings is 1. The van der Waals surface area contributed by atoms with E-state index < -0.39 is 10.0 Å². The Morgan fingerprint density at radius 3 is 2.18 bits per heavy atom. The Labute approximate surface area is 165 Å². The lowest BCUT2D eigenvalue weighted by atomic mass is 10.3. The molecule has 3 heterocycles. The van der Waals surface area contributed by atoms with Gasteiger partial charge in [0.2, 0.25) is 10.0 Å². The first-order chi connectivity index (χ1) is 13.6. The monoisotopic (exact) mass is 403 g/mol. The van der Waals surface area contributed by atoms with Crippen molar-refractivity contribution < 1.29 is 13.2 Å². The lowest BCUT2D eigenvalue weighted by Gasteiger charge is -2.35. The third-order valence-electron chi connectivity index (χ3n) is 5.31. The van der Waals surface area contributed by atoms with Gasteiger partial charge in [-0.25, -0.2) is 18.4 Å². The van der Waals surface area contributed by atoms with Crippen molar-refractivity contribution in [3.63, 3.8) is 0 Å². The molecule has 0 bridgehead atoms. The Hall–Kier alpha value is -2.39. The van der Waals surface area contributed by atoms with Crippen molar-refractivity contribution in [2.24, 2.45) is 0 Å². The maximum absolute atomic E-state index is 12.9. The summed E-state index contributed by atoms with van der Waals surface area (Å²) in [6.07, 6.45) is 3.99. The van der Waals surface area contributed by atoms with Crippen LogP contribution in [0.3, 0.4) is 0 Å². The van der Waals surface area contributed by atoms with Gasteiger partial charge in [-0.15, -0.1) is 0 Å². The third-order valence-corrected chi connectivity index (χ3v) is 7.20. The smallest absolute Gasteiger partial charge is 0.243 e. The molecule has 8 nitrogen and oxygen atoms in total. The van der Waals surface area contributed by atoms with Crippen LogP contribution in [-0.4, -0.2) is 69.1 Å². The second-order valence-electron chi connectivity index (χ2n) is 7.00. The quantitative estimate of drug-likeness (QED) is 0.750. The number of hydrogen-bond donors (Lipinski definition) is 0. The highest BCUT2D eigenvalue weighted by Crippen LogP contribution is 2.25. The molecule has 0 aliphatic carbocycles. The van der Waals surface area contributed by atoms with Gasteiger partial charge in [0, 0.05) is 51.4 Å². The lowest BCUT2D eigenvalue weighted by molar-refractivity contribution is 0.382. The third kappa shape index (κ3) is 3.77. The summed E-state index contributed by atoms with van der Waals surface area (Å²) in [7, 11) is -2.01. The molecule has 0 spiro atoms. The zero-order chi connectivity index (χ0) is 19.6. The molecule has 2 fully saturated rings. The summed E-state index contributed by atoms with van der Waals surface area (Å²) in [5, 5.41) is 0. The average molecular weight is 404 g/mol. The molecule has 2 aliphatic rings. The number of ether oxygens (including phenoxy) is 1. The fourth-order valence-electron chi connectivity index (χ4n) is 3.70. The van der Waals surface area contributed by atoms with E-state index in [1.807, 2.05) is 6.07 Å². The van der Waals surface area contributed by atoms with Crippen molar-refractivity contribution in [1.29, 1.82) is 0 Å². The van der Waals surface area contributed by atoms with Gasteiger partial charge in [-0.05, 0) is 25.0 Å². The first kappa shape index (κ1) is 18.9. The highest BCUT2D eigenvalue weighted by Gasteiger charge is 2.29. The fraction of sp³-hybridized carbons (Fsp3) is 0.474. The first-order valence-corrected chi connectivity index (χ1v) is 11.0. The number of nitrogens with zero attached hydrogens (tertiary/aromatic N) is 5. The minimum atomic E-state index is -3.54. The molecule has 0 unspecified atom stereocenters. The van der Waals surface area contributed by atoms with Gasteiger partial charge in [0.15, 0.2) is 0 Å². The van der Waals surface area contributed by atoms with Crippen molar-refractivity contribution in [2.75, 3.05) is 56.2 Å². The van der Waals surface area contributed by atoms with Crippen LogP contribution in [0.25, 0.3) is 0 Å². The molecule has 2 saturated heterocycles. The van der Waals surface area contributed by atoms with Gasteiger partial charge in [0.05, 0.1) is 12.0 Å². The summed E-state index contributed by atoms with van der Waals surface area (Å²) in [5.41, 5.74) is 0. The van der Waals surface area contributed by atoms with E-state index in [0.717, 1.165) is 24.7 Å². The molecule has 2 aromatic rings.